The van der Waals surface area contributed by atoms with Gasteiger partial charge in [-0.2, -0.15) is 0 Å². The van der Waals surface area contributed by atoms with Crippen molar-refractivity contribution in [2.45, 2.75) is 0 Å². The minimum Gasteiger partial charge on any atom is -0.813 e. The molecule has 0 spiro atoms. The average Bonchev–Trinajstić information content (AvgIpc) is 0.811. The predicted octanol–water partition coefficient (Wildman–Crippen LogP) is -1.91. The normalized spacial score (nSPS) is 7.00. The maximum Gasteiger partial charge on any atom is 2.00 e. The molecule has 0 saturated heterocycles. The first-order chi connectivity index (χ1) is 1.73. The van der Waals surface area contributed by atoms with Crippen molar-refractivity contribution in [3.05, 3.63) is 0 Å². The second kappa shape index (κ2) is 4.67. The molecule has 0 radical (unpaired) electrons. The zero-order chi connectivity index (χ0) is 3.58. The van der Waals surface area contributed by atoms with Crippen LogP contribution >= 0.6 is 8.25 Å². The van der Waals surface area contributed by atoms with Crippen molar-refractivity contribution < 1.29 is 31.4 Å². The van der Waals surface area contributed by atoms with Gasteiger partial charge in [0.05, 0.1) is 0 Å². The number of rotatable bonds is 0. The van der Waals surface area contributed by atoms with E-state index < -0.39 is 8.25 Å². The van der Waals surface area contributed by atoms with Crippen LogP contribution in [0, 0.1) is 0 Å². The van der Waals surface area contributed by atoms with Gasteiger partial charge in [0.25, 0.3) is 0 Å². The van der Waals surface area contributed by atoms with Crippen LogP contribution in [0.4, 0.5) is 0 Å². The molecule has 0 N–H and O–H groups in total. The van der Waals surface area contributed by atoms with Gasteiger partial charge >= 0.3 is 17.1 Å². The summed E-state index contributed by atoms with van der Waals surface area (Å²) in [5.74, 6) is 0. The van der Waals surface area contributed by atoms with Gasteiger partial charge in [0.2, 0.25) is 0 Å². The Morgan fingerprint density at radius 3 is 1.40 bits per heavy atom. The summed E-state index contributed by atoms with van der Waals surface area (Å²) in [5, 5.41) is 0. The minimum atomic E-state index is -3.63. The molecule has 3 nitrogen and oxygen atoms in total. The quantitative estimate of drug-likeness (QED) is 0.288. The molecule has 0 aliphatic heterocycles. The standard InChI is InChI=1S/Fe.H3O3P/c;1-4(2)3/h;4H,(H2,1,2,3)/q+2;/p-2. The molecule has 0 heterocycles. The van der Waals surface area contributed by atoms with Gasteiger partial charge in [-0.3, -0.25) is 0 Å². The summed E-state index contributed by atoms with van der Waals surface area (Å²) in [7, 11) is -3.63. The smallest absolute Gasteiger partial charge is 0.813 e. The number of hydrogen-bond acceptors (Lipinski definition) is 3. The van der Waals surface area contributed by atoms with E-state index in [-0.39, 0.29) is 17.1 Å². The Balaban J connectivity index is 0. The van der Waals surface area contributed by atoms with Crippen LogP contribution in [0.5, 0.6) is 0 Å². The molecule has 5 heavy (non-hydrogen) atoms. The van der Waals surface area contributed by atoms with Gasteiger partial charge in [-0.05, 0) is 0 Å². The molecule has 0 amide bonds. The van der Waals surface area contributed by atoms with E-state index in [4.69, 9.17) is 14.4 Å². The summed E-state index contributed by atoms with van der Waals surface area (Å²) in [6, 6.07) is 0. The van der Waals surface area contributed by atoms with Crippen molar-refractivity contribution in [1.82, 2.24) is 0 Å². The molecule has 0 aliphatic rings. The summed E-state index contributed by atoms with van der Waals surface area (Å²) < 4.78 is 8.52. The second-order valence-corrected chi connectivity index (χ2v) is 0.750. The van der Waals surface area contributed by atoms with Crippen LogP contribution in [0.25, 0.3) is 0 Å². The van der Waals surface area contributed by atoms with Crippen molar-refractivity contribution >= 4 is 8.25 Å². The molecule has 0 unspecified atom stereocenters. The third kappa shape index (κ3) is 74.2. The maximum atomic E-state index is 8.52. The van der Waals surface area contributed by atoms with Crippen molar-refractivity contribution in [3.63, 3.8) is 0 Å². The van der Waals surface area contributed by atoms with Crippen LogP contribution in [0.3, 0.4) is 0 Å². The molecule has 0 fully saturated rings. The van der Waals surface area contributed by atoms with Gasteiger partial charge in [-0.1, -0.05) is 8.25 Å². The van der Waals surface area contributed by atoms with E-state index in [0.717, 1.165) is 0 Å². The fourth-order valence-electron chi connectivity index (χ4n) is 0. The Morgan fingerprint density at radius 1 is 1.40 bits per heavy atom. The second-order valence-electron chi connectivity index (χ2n) is 0.250. The van der Waals surface area contributed by atoms with E-state index in [0.29, 0.717) is 0 Å². The first-order valence-electron chi connectivity index (χ1n) is 0.612. The molecule has 32 valence electrons. The molecule has 0 aromatic rings. The Morgan fingerprint density at radius 2 is 1.40 bits per heavy atom. The summed E-state index contributed by atoms with van der Waals surface area (Å²) >= 11 is 0. The SMILES string of the molecule is O=[PH]([O-])[O-].[Fe+2]. The first kappa shape index (κ1) is 9.18. The molecule has 0 bridgehead atoms. The molecule has 0 aromatic heterocycles. The van der Waals surface area contributed by atoms with Crippen LogP contribution in [0.15, 0.2) is 0 Å². The van der Waals surface area contributed by atoms with E-state index in [1.165, 1.54) is 0 Å². The molecular formula is HFeO3P. The Bertz CT molecular complexity index is 29.9. The molecule has 0 aromatic carbocycles. The van der Waals surface area contributed by atoms with Gasteiger partial charge in [-0.15, -0.1) is 0 Å². The fourth-order valence-corrected chi connectivity index (χ4v) is 0. The van der Waals surface area contributed by atoms with E-state index in [2.05, 4.69) is 0 Å². The van der Waals surface area contributed by atoms with Gasteiger partial charge in [0.15, 0.2) is 0 Å². The van der Waals surface area contributed by atoms with Crippen molar-refractivity contribution in [3.8, 4) is 0 Å². The molecule has 0 atom stereocenters. The molecule has 0 saturated carbocycles. The number of hydrogen-bond donors (Lipinski definition) is 0. The third-order valence-electron chi connectivity index (χ3n) is 0. The molecule has 5 heteroatoms. The summed E-state index contributed by atoms with van der Waals surface area (Å²) in [6.07, 6.45) is 0. The van der Waals surface area contributed by atoms with Crippen molar-refractivity contribution in [2.24, 2.45) is 0 Å². The fraction of sp³-hybridized carbons (Fsp3) is 0. The van der Waals surface area contributed by atoms with Crippen molar-refractivity contribution in [2.75, 3.05) is 0 Å². The Labute approximate surface area is 40.4 Å². The van der Waals surface area contributed by atoms with Crippen LogP contribution in [0.2, 0.25) is 0 Å². The predicted molar refractivity (Wildman–Crippen MR) is 9.00 cm³/mol. The molecular weight excluding hydrogens is 135 g/mol. The van der Waals surface area contributed by atoms with Crippen LogP contribution in [0.1, 0.15) is 0 Å². The van der Waals surface area contributed by atoms with Gasteiger partial charge in [0.1, 0.15) is 0 Å². The zero-order valence-corrected chi connectivity index (χ0v) is 4.18. The minimum absolute atomic E-state index is 0. The molecule has 0 aliphatic carbocycles. The summed E-state index contributed by atoms with van der Waals surface area (Å²) in [6.45, 7) is 0. The third-order valence-corrected chi connectivity index (χ3v) is 0. The van der Waals surface area contributed by atoms with Gasteiger partial charge < -0.3 is 14.4 Å². The maximum absolute atomic E-state index is 8.52. The summed E-state index contributed by atoms with van der Waals surface area (Å²) in [5.41, 5.74) is 0. The average molecular weight is 136 g/mol. The Kier molecular flexibility index (Phi) is 8.57. The van der Waals surface area contributed by atoms with E-state index >= 15 is 0 Å². The summed E-state index contributed by atoms with van der Waals surface area (Å²) in [4.78, 5) is 17.0. The van der Waals surface area contributed by atoms with E-state index in [9.17, 15) is 0 Å². The van der Waals surface area contributed by atoms with E-state index in [1.807, 2.05) is 0 Å². The monoisotopic (exact) mass is 136 g/mol. The Hall–Kier alpha value is 0.669. The topological polar surface area (TPSA) is 63.2 Å². The van der Waals surface area contributed by atoms with Crippen LogP contribution in [-0.4, -0.2) is 0 Å². The first-order valence-corrected chi connectivity index (χ1v) is 1.84. The van der Waals surface area contributed by atoms with E-state index in [1.54, 1.807) is 0 Å². The van der Waals surface area contributed by atoms with Crippen molar-refractivity contribution in [1.29, 1.82) is 0 Å². The van der Waals surface area contributed by atoms with Crippen LogP contribution < -0.4 is 9.79 Å². The van der Waals surface area contributed by atoms with Crippen LogP contribution in [-0.2, 0) is 21.6 Å². The van der Waals surface area contributed by atoms with Gasteiger partial charge in [-0.25, -0.2) is 0 Å². The zero-order valence-electron chi connectivity index (χ0n) is 2.08. The van der Waals surface area contributed by atoms with Gasteiger partial charge in [0, 0.05) is 0 Å². The largest absolute Gasteiger partial charge is 2.00 e. The molecule has 0 rings (SSSR count).